The van der Waals surface area contributed by atoms with Gasteiger partial charge in [-0.2, -0.15) is 0 Å². The van der Waals surface area contributed by atoms with Crippen LogP contribution >= 0.6 is 24.0 Å². The molecule has 1 atom stereocenters. The monoisotopic (exact) mass is 504 g/mol. The van der Waals surface area contributed by atoms with Gasteiger partial charge in [0, 0.05) is 46.4 Å². The van der Waals surface area contributed by atoms with Crippen molar-refractivity contribution in [2.24, 2.45) is 10.9 Å². The fourth-order valence-electron chi connectivity index (χ4n) is 2.82. The molecular weight excluding hydrogens is 467 g/mol. The Balaban J connectivity index is 0.00000729. The van der Waals surface area contributed by atoms with E-state index < -0.39 is 0 Å². The number of halogens is 1. The molecule has 0 spiro atoms. The summed E-state index contributed by atoms with van der Waals surface area (Å²) in [5, 5.41) is 6.67. The van der Waals surface area contributed by atoms with Crippen molar-refractivity contribution in [3.05, 3.63) is 35.4 Å². The van der Waals surface area contributed by atoms with Gasteiger partial charge in [0.05, 0.1) is 6.10 Å². The Bertz CT molecular complexity index is 606. The van der Waals surface area contributed by atoms with E-state index in [1.54, 1.807) is 26.0 Å². The molecule has 1 aromatic carbocycles. The van der Waals surface area contributed by atoms with Gasteiger partial charge < -0.3 is 20.3 Å². The van der Waals surface area contributed by atoms with E-state index in [0.29, 0.717) is 5.92 Å². The molecule has 0 fully saturated rings. The number of rotatable bonds is 10. The van der Waals surface area contributed by atoms with Crippen LogP contribution in [0.3, 0.4) is 0 Å². The van der Waals surface area contributed by atoms with E-state index in [1.807, 2.05) is 31.2 Å². The van der Waals surface area contributed by atoms with Crippen LogP contribution in [0.4, 0.5) is 0 Å². The number of carbonyl (C=O) groups excluding carboxylic acids is 1. The molecule has 0 aliphatic rings. The highest BCUT2D eigenvalue weighted by atomic mass is 127. The Morgan fingerprint density at radius 3 is 2.46 bits per heavy atom. The quantitative estimate of drug-likeness (QED) is 0.292. The Hall–Kier alpha value is -1.35. The zero-order valence-electron chi connectivity index (χ0n) is 18.1. The first kappa shape index (κ1) is 26.6. The van der Waals surface area contributed by atoms with Crippen LogP contribution in [-0.4, -0.2) is 63.7 Å². The number of nitrogens with zero attached hydrogens (tertiary/aromatic N) is 2. The number of carbonyl (C=O) groups is 1. The lowest BCUT2D eigenvalue weighted by Crippen LogP contribution is -2.40. The smallest absolute Gasteiger partial charge is 0.253 e. The number of hydrogen-bond donors (Lipinski definition) is 2. The second-order valence-corrected chi connectivity index (χ2v) is 7.10. The highest BCUT2D eigenvalue weighted by Crippen LogP contribution is 2.10. The molecule has 0 saturated carbocycles. The third-order valence-electron chi connectivity index (χ3n) is 4.36. The van der Waals surface area contributed by atoms with Crippen LogP contribution in [0.1, 0.15) is 43.1 Å². The summed E-state index contributed by atoms with van der Waals surface area (Å²) in [5.74, 6) is 1.31. The molecule has 0 radical (unpaired) electrons. The van der Waals surface area contributed by atoms with Gasteiger partial charge in [-0.3, -0.25) is 9.79 Å². The molecule has 7 heteroatoms. The van der Waals surface area contributed by atoms with Gasteiger partial charge in [-0.05, 0) is 43.4 Å². The van der Waals surface area contributed by atoms with Gasteiger partial charge in [0.2, 0.25) is 0 Å². The highest BCUT2D eigenvalue weighted by Gasteiger charge is 2.13. The van der Waals surface area contributed by atoms with Gasteiger partial charge in [0.1, 0.15) is 0 Å². The van der Waals surface area contributed by atoms with Gasteiger partial charge in [-0.1, -0.05) is 26.0 Å². The van der Waals surface area contributed by atoms with E-state index in [4.69, 9.17) is 4.74 Å². The van der Waals surface area contributed by atoms with Crippen molar-refractivity contribution in [1.29, 1.82) is 0 Å². The minimum atomic E-state index is 0. The number of benzene rings is 1. The third-order valence-corrected chi connectivity index (χ3v) is 4.36. The van der Waals surface area contributed by atoms with Crippen LogP contribution in [0.25, 0.3) is 0 Å². The number of ether oxygens (including phenoxy) is 1. The molecule has 2 N–H and O–H groups in total. The second-order valence-electron chi connectivity index (χ2n) is 7.10. The lowest BCUT2D eigenvalue weighted by atomic mass is 10.0. The van der Waals surface area contributed by atoms with Gasteiger partial charge in [0.15, 0.2) is 5.96 Å². The maximum absolute atomic E-state index is 12.1. The Morgan fingerprint density at radius 2 is 1.89 bits per heavy atom. The molecule has 1 rings (SSSR count). The molecule has 0 saturated heterocycles. The van der Waals surface area contributed by atoms with Crippen LogP contribution in [0.15, 0.2) is 29.3 Å². The maximum Gasteiger partial charge on any atom is 0.253 e. The van der Waals surface area contributed by atoms with Crippen molar-refractivity contribution in [3.63, 3.8) is 0 Å². The number of nitrogens with one attached hydrogen (secondary N) is 2. The fourth-order valence-corrected chi connectivity index (χ4v) is 2.82. The molecule has 0 heterocycles. The minimum Gasteiger partial charge on any atom is -0.378 e. The van der Waals surface area contributed by atoms with Gasteiger partial charge in [0.25, 0.3) is 5.91 Å². The summed E-state index contributed by atoms with van der Waals surface area (Å²) in [6.07, 6.45) is 2.03. The molecule has 1 amide bonds. The normalized spacial score (nSPS) is 12.3. The van der Waals surface area contributed by atoms with Crippen molar-refractivity contribution < 1.29 is 9.53 Å². The Labute approximate surface area is 187 Å². The molecule has 6 nitrogen and oxygen atoms in total. The van der Waals surface area contributed by atoms with Crippen molar-refractivity contribution in [1.82, 2.24) is 15.5 Å². The van der Waals surface area contributed by atoms with Gasteiger partial charge >= 0.3 is 0 Å². The van der Waals surface area contributed by atoms with Crippen LogP contribution in [0, 0.1) is 5.92 Å². The summed E-state index contributed by atoms with van der Waals surface area (Å²) in [7, 11) is 5.30. The first-order valence-corrected chi connectivity index (χ1v) is 9.75. The SMILES string of the molecule is CCOC(CCNC(=NC)NCCc1cccc(C(=O)N(C)C)c1)C(C)C.I. The summed E-state index contributed by atoms with van der Waals surface area (Å²) in [6, 6.07) is 7.78. The van der Waals surface area contributed by atoms with Crippen molar-refractivity contribution in [2.75, 3.05) is 40.8 Å². The molecule has 0 aliphatic carbocycles. The first-order chi connectivity index (χ1) is 12.9. The average molecular weight is 504 g/mol. The molecule has 160 valence electrons. The standard InChI is InChI=1S/C21H36N4O2.HI/c1-7-27-19(16(2)3)12-14-24-21(22-4)23-13-11-17-9-8-10-18(15-17)20(26)25(5)6;/h8-10,15-16,19H,7,11-14H2,1-6H3,(H2,22,23,24);1H. The van der Waals surface area contributed by atoms with Crippen LogP contribution in [-0.2, 0) is 11.2 Å². The van der Waals surface area contributed by atoms with Crippen molar-refractivity contribution >= 4 is 35.8 Å². The largest absolute Gasteiger partial charge is 0.378 e. The summed E-state index contributed by atoms with van der Waals surface area (Å²) < 4.78 is 5.77. The van der Waals surface area contributed by atoms with Crippen LogP contribution < -0.4 is 10.6 Å². The lowest BCUT2D eigenvalue weighted by molar-refractivity contribution is 0.0258. The predicted octanol–water partition coefficient (Wildman–Crippen LogP) is 3.17. The number of aliphatic imine (C=N–C) groups is 1. The van der Waals surface area contributed by atoms with E-state index in [2.05, 4.69) is 29.5 Å². The fraction of sp³-hybridized carbons (Fsp3) is 0.619. The van der Waals surface area contributed by atoms with E-state index >= 15 is 0 Å². The Kier molecular flexibility index (Phi) is 13.9. The minimum absolute atomic E-state index is 0. The van der Waals surface area contributed by atoms with E-state index in [0.717, 1.165) is 49.6 Å². The van der Waals surface area contributed by atoms with Crippen molar-refractivity contribution in [2.45, 2.75) is 39.7 Å². The first-order valence-electron chi connectivity index (χ1n) is 9.75. The van der Waals surface area contributed by atoms with E-state index in [1.165, 1.54) is 0 Å². The summed E-state index contributed by atoms with van der Waals surface area (Å²) in [6.45, 7) is 8.70. The van der Waals surface area contributed by atoms with Gasteiger partial charge in [-0.15, -0.1) is 24.0 Å². The number of hydrogen-bond acceptors (Lipinski definition) is 3. The summed E-state index contributed by atoms with van der Waals surface area (Å²) >= 11 is 0. The molecular formula is C21H37IN4O2. The van der Waals surface area contributed by atoms with Gasteiger partial charge in [-0.25, -0.2) is 0 Å². The average Bonchev–Trinajstić information content (AvgIpc) is 2.65. The van der Waals surface area contributed by atoms with E-state index in [-0.39, 0.29) is 36.0 Å². The molecule has 1 unspecified atom stereocenters. The highest BCUT2D eigenvalue weighted by molar-refractivity contribution is 14.0. The van der Waals surface area contributed by atoms with Crippen LogP contribution in [0.2, 0.25) is 0 Å². The lowest BCUT2D eigenvalue weighted by Gasteiger charge is -2.21. The summed E-state index contributed by atoms with van der Waals surface area (Å²) in [4.78, 5) is 17.9. The number of guanidine groups is 1. The van der Waals surface area contributed by atoms with E-state index in [9.17, 15) is 4.79 Å². The molecule has 0 aliphatic heterocycles. The molecule has 0 aromatic heterocycles. The molecule has 0 bridgehead atoms. The predicted molar refractivity (Wildman–Crippen MR) is 128 cm³/mol. The maximum atomic E-state index is 12.1. The zero-order chi connectivity index (χ0) is 20.2. The third kappa shape index (κ3) is 9.73. The second kappa shape index (κ2) is 14.6. The molecule has 1 aromatic rings. The van der Waals surface area contributed by atoms with Crippen LogP contribution in [0.5, 0.6) is 0 Å². The Morgan fingerprint density at radius 1 is 1.21 bits per heavy atom. The van der Waals surface area contributed by atoms with Crippen molar-refractivity contribution in [3.8, 4) is 0 Å². The number of amides is 1. The molecule has 28 heavy (non-hydrogen) atoms. The zero-order valence-corrected chi connectivity index (χ0v) is 20.4. The summed E-state index contributed by atoms with van der Waals surface area (Å²) in [5.41, 5.74) is 1.84. The topological polar surface area (TPSA) is 66.0 Å².